The second-order valence-corrected chi connectivity index (χ2v) is 6.27. The van der Waals surface area contributed by atoms with Crippen molar-refractivity contribution < 1.29 is 14.6 Å². The molecule has 0 spiro atoms. The number of amides is 1. The van der Waals surface area contributed by atoms with Crippen LogP contribution in [0, 0.1) is 5.92 Å². The molecule has 1 aromatic heterocycles. The first-order valence-electron chi connectivity index (χ1n) is 7.94. The lowest BCUT2D eigenvalue weighted by Gasteiger charge is -2.38. The van der Waals surface area contributed by atoms with E-state index in [9.17, 15) is 9.90 Å². The van der Waals surface area contributed by atoms with Gasteiger partial charge in [0.2, 0.25) is 0 Å². The van der Waals surface area contributed by atoms with Gasteiger partial charge in [-0.3, -0.25) is 9.89 Å². The first-order valence-corrected chi connectivity index (χ1v) is 7.94. The van der Waals surface area contributed by atoms with Gasteiger partial charge in [-0.05, 0) is 48.1 Å². The third-order valence-electron chi connectivity index (χ3n) is 4.73. The Morgan fingerprint density at radius 3 is 3.00 bits per heavy atom. The molecular weight excluding hydrogens is 294 g/mol. The van der Waals surface area contributed by atoms with Crippen LogP contribution in [-0.2, 0) is 6.42 Å². The topological polar surface area (TPSA) is 87.2 Å². The van der Waals surface area contributed by atoms with E-state index in [2.05, 4.69) is 21.6 Å². The van der Waals surface area contributed by atoms with Crippen molar-refractivity contribution >= 4 is 5.91 Å². The Hall–Kier alpha value is -2.34. The van der Waals surface area contributed by atoms with Gasteiger partial charge in [-0.15, -0.1) is 0 Å². The monoisotopic (exact) mass is 313 g/mol. The molecule has 0 unspecified atom stereocenters. The molecule has 1 aliphatic heterocycles. The molecule has 2 aliphatic rings. The minimum atomic E-state index is -0.260. The molecular formula is C17H19N3O3. The summed E-state index contributed by atoms with van der Waals surface area (Å²) in [5.41, 5.74) is 2.70. The third kappa shape index (κ3) is 2.70. The van der Waals surface area contributed by atoms with Crippen LogP contribution < -0.4 is 10.1 Å². The SMILES string of the molecule is O=C(N[C@H](c1ccc2c(c1)CCO2)C1CC(O)C1)c1ccn[nH]1. The number of benzene rings is 1. The van der Waals surface area contributed by atoms with Crippen LogP contribution in [0.15, 0.2) is 30.5 Å². The minimum absolute atomic E-state index is 0.111. The molecule has 0 bridgehead atoms. The highest BCUT2D eigenvalue weighted by Crippen LogP contribution is 2.39. The number of hydrogen-bond donors (Lipinski definition) is 3. The number of aliphatic hydroxyl groups is 1. The normalized spacial score (nSPS) is 23.5. The molecule has 1 aromatic carbocycles. The van der Waals surface area contributed by atoms with Crippen LogP contribution in [0.25, 0.3) is 0 Å². The van der Waals surface area contributed by atoms with Crippen LogP contribution in [0.2, 0.25) is 0 Å². The molecule has 2 heterocycles. The predicted molar refractivity (Wildman–Crippen MR) is 83.2 cm³/mol. The minimum Gasteiger partial charge on any atom is -0.493 e. The number of aromatic amines is 1. The van der Waals surface area contributed by atoms with Crippen molar-refractivity contribution in [3.8, 4) is 5.75 Å². The first-order chi connectivity index (χ1) is 11.2. The van der Waals surface area contributed by atoms with E-state index in [1.54, 1.807) is 12.3 Å². The summed E-state index contributed by atoms with van der Waals surface area (Å²) in [7, 11) is 0. The summed E-state index contributed by atoms with van der Waals surface area (Å²) in [5.74, 6) is 1.00. The lowest BCUT2D eigenvalue weighted by molar-refractivity contribution is 0.0234. The lowest BCUT2D eigenvalue weighted by Crippen LogP contribution is -2.41. The number of nitrogens with zero attached hydrogens (tertiary/aromatic N) is 1. The van der Waals surface area contributed by atoms with E-state index < -0.39 is 0 Å². The van der Waals surface area contributed by atoms with E-state index in [-0.39, 0.29) is 24.0 Å². The van der Waals surface area contributed by atoms with Gasteiger partial charge in [0.1, 0.15) is 11.4 Å². The van der Waals surface area contributed by atoms with E-state index in [1.807, 2.05) is 12.1 Å². The Kier molecular flexibility index (Phi) is 3.53. The number of ether oxygens (including phenoxy) is 1. The number of rotatable bonds is 4. The molecule has 1 amide bonds. The van der Waals surface area contributed by atoms with Crippen LogP contribution in [0.3, 0.4) is 0 Å². The average Bonchev–Trinajstić information content (AvgIpc) is 3.19. The van der Waals surface area contributed by atoms with Gasteiger partial charge in [-0.2, -0.15) is 5.10 Å². The Bertz CT molecular complexity index is 708. The maximum Gasteiger partial charge on any atom is 0.269 e. The highest BCUT2D eigenvalue weighted by molar-refractivity contribution is 5.92. The number of aromatic nitrogens is 2. The van der Waals surface area contributed by atoms with E-state index in [0.29, 0.717) is 25.1 Å². The molecule has 1 fully saturated rings. The summed E-state index contributed by atoms with van der Waals surface area (Å²) >= 11 is 0. The van der Waals surface area contributed by atoms with Gasteiger partial charge in [0, 0.05) is 12.6 Å². The molecule has 6 nitrogen and oxygen atoms in total. The van der Waals surface area contributed by atoms with Crippen molar-refractivity contribution in [2.45, 2.75) is 31.4 Å². The third-order valence-corrected chi connectivity index (χ3v) is 4.73. The van der Waals surface area contributed by atoms with Crippen LogP contribution in [0.5, 0.6) is 5.75 Å². The Labute approximate surface area is 133 Å². The van der Waals surface area contributed by atoms with Gasteiger partial charge in [-0.1, -0.05) is 6.07 Å². The Balaban J connectivity index is 1.59. The van der Waals surface area contributed by atoms with Gasteiger partial charge in [0.15, 0.2) is 0 Å². The summed E-state index contributed by atoms with van der Waals surface area (Å²) in [5, 5.41) is 19.2. The molecule has 0 saturated heterocycles. The lowest BCUT2D eigenvalue weighted by atomic mass is 9.75. The molecule has 3 N–H and O–H groups in total. The molecule has 2 aromatic rings. The second-order valence-electron chi connectivity index (χ2n) is 6.27. The van der Waals surface area contributed by atoms with Crippen LogP contribution in [-0.4, -0.2) is 33.9 Å². The second kappa shape index (κ2) is 5.70. The standard InChI is InChI=1S/C17H19N3O3/c21-13-8-12(9-13)16(19-17(22)14-3-5-18-20-14)11-1-2-15-10(7-11)4-6-23-15/h1-3,5,7,12-13,16,21H,4,6,8-9H2,(H,18,20)(H,19,22)/t12?,13?,16-/m1/s1. The number of carbonyl (C=O) groups is 1. The summed E-state index contributed by atoms with van der Waals surface area (Å²) in [6, 6.07) is 7.64. The van der Waals surface area contributed by atoms with Crippen molar-refractivity contribution in [2.75, 3.05) is 6.61 Å². The highest BCUT2D eigenvalue weighted by Gasteiger charge is 2.36. The number of fused-ring (bicyclic) bond motifs is 1. The van der Waals surface area contributed by atoms with Gasteiger partial charge in [-0.25, -0.2) is 0 Å². The number of carbonyl (C=O) groups excluding carboxylic acids is 1. The van der Waals surface area contributed by atoms with Crippen molar-refractivity contribution in [2.24, 2.45) is 5.92 Å². The fourth-order valence-corrected chi connectivity index (χ4v) is 3.38. The van der Waals surface area contributed by atoms with Crippen LogP contribution in [0.4, 0.5) is 0 Å². The fraction of sp³-hybridized carbons (Fsp3) is 0.412. The van der Waals surface area contributed by atoms with E-state index in [0.717, 1.165) is 17.7 Å². The summed E-state index contributed by atoms with van der Waals surface area (Å²) < 4.78 is 5.55. The maximum absolute atomic E-state index is 12.4. The number of aliphatic hydroxyl groups excluding tert-OH is 1. The Morgan fingerprint density at radius 1 is 1.39 bits per heavy atom. The van der Waals surface area contributed by atoms with Crippen LogP contribution >= 0.6 is 0 Å². The summed E-state index contributed by atoms with van der Waals surface area (Å²) in [6.07, 6.45) is 3.62. The highest BCUT2D eigenvalue weighted by atomic mass is 16.5. The smallest absolute Gasteiger partial charge is 0.269 e. The van der Waals surface area contributed by atoms with Gasteiger partial charge in [0.05, 0.1) is 18.8 Å². The van der Waals surface area contributed by atoms with Gasteiger partial charge in [0.25, 0.3) is 5.91 Å². The summed E-state index contributed by atoms with van der Waals surface area (Å²) in [4.78, 5) is 12.4. The van der Waals surface area contributed by atoms with Crippen molar-refractivity contribution in [3.05, 3.63) is 47.3 Å². The van der Waals surface area contributed by atoms with E-state index >= 15 is 0 Å². The Morgan fingerprint density at radius 2 is 2.26 bits per heavy atom. The van der Waals surface area contributed by atoms with Crippen molar-refractivity contribution in [1.82, 2.24) is 15.5 Å². The van der Waals surface area contributed by atoms with Gasteiger partial charge < -0.3 is 15.2 Å². The van der Waals surface area contributed by atoms with Crippen molar-refractivity contribution in [3.63, 3.8) is 0 Å². The molecule has 1 atom stereocenters. The number of H-pyrrole nitrogens is 1. The summed E-state index contributed by atoms with van der Waals surface area (Å²) in [6.45, 7) is 0.714. The largest absolute Gasteiger partial charge is 0.493 e. The quantitative estimate of drug-likeness (QED) is 0.800. The zero-order valence-electron chi connectivity index (χ0n) is 12.7. The maximum atomic E-state index is 12.4. The molecule has 0 radical (unpaired) electrons. The molecule has 23 heavy (non-hydrogen) atoms. The number of hydrogen-bond acceptors (Lipinski definition) is 4. The molecule has 4 rings (SSSR count). The van der Waals surface area contributed by atoms with Gasteiger partial charge >= 0.3 is 0 Å². The zero-order valence-corrected chi connectivity index (χ0v) is 12.7. The fourth-order valence-electron chi connectivity index (χ4n) is 3.38. The molecule has 1 saturated carbocycles. The van der Waals surface area contributed by atoms with Crippen molar-refractivity contribution in [1.29, 1.82) is 0 Å². The van der Waals surface area contributed by atoms with E-state index in [4.69, 9.17) is 4.74 Å². The zero-order chi connectivity index (χ0) is 15.8. The molecule has 1 aliphatic carbocycles. The molecule has 120 valence electrons. The average molecular weight is 313 g/mol. The predicted octanol–water partition coefficient (Wildman–Crippen LogP) is 1.59. The molecule has 6 heteroatoms. The van der Waals surface area contributed by atoms with E-state index in [1.165, 1.54) is 5.56 Å². The first kappa shape index (κ1) is 14.3. The number of nitrogens with one attached hydrogen (secondary N) is 2. The van der Waals surface area contributed by atoms with Crippen LogP contribution in [0.1, 0.15) is 40.5 Å².